The highest BCUT2D eigenvalue weighted by molar-refractivity contribution is 5.89. The van der Waals surface area contributed by atoms with Crippen molar-refractivity contribution in [2.75, 3.05) is 18.0 Å². The van der Waals surface area contributed by atoms with Crippen molar-refractivity contribution in [1.29, 1.82) is 0 Å². The number of esters is 1. The van der Waals surface area contributed by atoms with Gasteiger partial charge in [-0.1, -0.05) is 25.7 Å². The second-order valence-electron chi connectivity index (χ2n) is 6.50. The lowest BCUT2D eigenvalue weighted by atomic mass is 10.1. The minimum absolute atomic E-state index is 0.0242. The van der Waals surface area contributed by atoms with Gasteiger partial charge in [0, 0.05) is 12.1 Å². The van der Waals surface area contributed by atoms with Crippen molar-refractivity contribution in [3.63, 3.8) is 0 Å². The zero-order chi connectivity index (χ0) is 17.8. The van der Waals surface area contributed by atoms with E-state index in [1.165, 1.54) is 31.0 Å². The maximum Gasteiger partial charge on any atom is 0.331 e. The van der Waals surface area contributed by atoms with Crippen LogP contribution >= 0.6 is 0 Å². The molecular weight excluding hydrogens is 326 g/mol. The lowest BCUT2D eigenvalue weighted by Gasteiger charge is -2.29. The number of amides is 1. The number of ether oxygens (including phenoxy) is 1. The van der Waals surface area contributed by atoms with Crippen LogP contribution in [-0.4, -0.2) is 35.9 Å². The topological polar surface area (TPSA) is 102 Å². The first kappa shape index (κ1) is 17.2. The summed E-state index contributed by atoms with van der Waals surface area (Å²) in [7, 11) is 0. The zero-order valence-electron chi connectivity index (χ0n) is 13.9. The molecule has 1 aromatic rings. The molecule has 0 radical (unpaired) electrons. The van der Waals surface area contributed by atoms with Crippen LogP contribution in [0.1, 0.15) is 38.5 Å². The average Bonchev–Trinajstić information content (AvgIpc) is 2.82. The van der Waals surface area contributed by atoms with Crippen molar-refractivity contribution >= 4 is 23.3 Å². The predicted octanol–water partition coefficient (Wildman–Crippen LogP) is 2.16. The van der Waals surface area contributed by atoms with E-state index in [-0.39, 0.29) is 36.5 Å². The second-order valence-corrected chi connectivity index (χ2v) is 6.50. The van der Waals surface area contributed by atoms with Gasteiger partial charge in [-0.15, -0.1) is 0 Å². The summed E-state index contributed by atoms with van der Waals surface area (Å²) in [6.07, 6.45) is 6.61. The molecule has 0 spiro atoms. The molecule has 134 valence electrons. The number of carbonyl (C=O) groups excluding carboxylic acids is 2. The summed E-state index contributed by atoms with van der Waals surface area (Å²) in [4.78, 5) is 36.0. The van der Waals surface area contributed by atoms with E-state index in [9.17, 15) is 19.7 Å². The van der Waals surface area contributed by atoms with Gasteiger partial charge in [-0.3, -0.25) is 14.9 Å². The van der Waals surface area contributed by atoms with Crippen LogP contribution in [0.4, 0.5) is 11.4 Å². The Morgan fingerprint density at radius 1 is 1.28 bits per heavy atom. The number of nitrogens with zero attached hydrogens (tertiary/aromatic N) is 2. The van der Waals surface area contributed by atoms with Crippen LogP contribution in [0.5, 0.6) is 5.75 Å². The molecule has 0 saturated heterocycles. The maximum atomic E-state index is 12.4. The molecule has 1 aromatic carbocycles. The van der Waals surface area contributed by atoms with E-state index in [1.54, 1.807) is 4.90 Å². The van der Waals surface area contributed by atoms with Gasteiger partial charge in [0.1, 0.15) is 6.54 Å². The van der Waals surface area contributed by atoms with Gasteiger partial charge in [-0.05, 0) is 18.9 Å². The normalized spacial score (nSPS) is 18.1. The molecule has 1 fully saturated rings. The number of nitro groups is 1. The number of hydrogen-bond acceptors (Lipinski definition) is 6. The molecule has 3 rings (SSSR count). The molecule has 1 N–H and O–H groups in total. The van der Waals surface area contributed by atoms with Gasteiger partial charge in [-0.2, -0.15) is 0 Å². The van der Waals surface area contributed by atoms with Gasteiger partial charge >= 0.3 is 5.97 Å². The van der Waals surface area contributed by atoms with Crippen molar-refractivity contribution in [2.24, 2.45) is 0 Å². The Hall–Kier alpha value is -2.64. The van der Waals surface area contributed by atoms with E-state index in [2.05, 4.69) is 5.32 Å². The Bertz CT molecular complexity index is 683. The molecule has 0 aromatic heterocycles. The quantitative estimate of drug-likeness (QED) is 0.294. The van der Waals surface area contributed by atoms with Crippen molar-refractivity contribution in [3.8, 4) is 5.75 Å². The lowest BCUT2D eigenvalue weighted by Crippen LogP contribution is -2.45. The average molecular weight is 347 g/mol. The van der Waals surface area contributed by atoms with Crippen LogP contribution in [0, 0.1) is 10.1 Å². The third-order valence-electron chi connectivity index (χ3n) is 4.59. The van der Waals surface area contributed by atoms with Gasteiger partial charge in [0.25, 0.3) is 5.69 Å². The number of rotatable bonds is 4. The number of fused-ring (bicyclic) bond motifs is 1. The summed E-state index contributed by atoms with van der Waals surface area (Å²) >= 11 is 0. The summed E-state index contributed by atoms with van der Waals surface area (Å²) < 4.78 is 5.08. The summed E-state index contributed by atoms with van der Waals surface area (Å²) in [5, 5.41) is 13.9. The van der Waals surface area contributed by atoms with Crippen molar-refractivity contribution in [1.82, 2.24) is 5.32 Å². The number of benzene rings is 1. The molecule has 1 heterocycles. The summed E-state index contributed by atoms with van der Waals surface area (Å²) in [5.41, 5.74) is 0.359. The first-order valence-electron chi connectivity index (χ1n) is 8.56. The van der Waals surface area contributed by atoms with E-state index in [0.29, 0.717) is 5.69 Å². The van der Waals surface area contributed by atoms with E-state index in [0.717, 1.165) is 25.7 Å². The van der Waals surface area contributed by atoms with Crippen LogP contribution in [0.3, 0.4) is 0 Å². The standard InChI is InChI=1S/C17H21N3O5/c21-16(18-12-5-3-1-2-4-6-12)10-19-11-17(22)25-15-9-13(20(23)24)7-8-14(15)19/h7-9,12H,1-6,10-11H2,(H,18,21). The van der Waals surface area contributed by atoms with Crippen LogP contribution in [-0.2, 0) is 9.59 Å². The van der Waals surface area contributed by atoms with Gasteiger partial charge in [0.05, 0.1) is 23.2 Å². The first-order valence-corrected chi connectivity index (χ1v) is 8.56. The zero-order valence-corrected chi connectivity index (χ0v) is 13.9. The van der Waals surface area contributed by atoms with Crippen molar-refractivity contribution in [2.45, 2.75) is 44.6 Å². The molecule has 1 amide bonds. The fourth-order valence-corrected chi connectivity index (χ4v) is 3.37. The minimum atomic E-state index is -0.550. The highest BCUT2D eigenvalue weighted by Crippen LogP contribution is 2.35. The van der Waals surface area contributed by atoms with Crippen molar-refractivity contribution in [3.05, 3.63) is 28.3 Å². The van der Waals surface area contributed by atoms with Crippen LogP contribution < -0.4 is 15.0 Å². The third kappa shape index (κ3) is 4.26. The van der Waals surface area contributed by atoms with Gasteiger partial charge < -0.3 is 15.0 Å². The van der Waals surface area contributed by atoms with Crippen LogP contribution in [0.15, 0.2) is 18.2 Å². The van der Waals surface area contributed by atoms with E-state index in [1.807, 2.05) is 0 Å². The Kier molecular flexibility index (Phi) is 5.16. The molecule has 8 heteroatoms. The maximum absolute atomic E-state index is 12.4. The molecule has 1 aliphatic carbocycles. The van der Waals surface area contributed by atoms with E-state index >= 15 is 0 Å². The van der Waals surface area contributed by atoms with Gasteiger partial charge in [-0.25, -0.2) is 4.79 Å². The lowest BCUT2D eigenvalue weighted by molar-refractivity contribution is -0.384. The van der Waals surface area contributed by atoms with Gasteiger partial charge in [0.2, 0.25) is 5.91 Å². The highest BCUT2D eigenvalue weighted by Gasteiger charge is 2.28. The van der Waals surface area contributed by atoms with E-state index in [4.69, 9.17) is 4.74 Å². The Morgan fingerprint density at radius 2 is 2.00 bits per heavy atom. The number of hydrogen-bond donors (Lipinski definition) is 1. The number of carbonyl (C=O) groups is 2. The predicted molar refractivity (Wildman–Crippen MR) is 90.6 cm³/mol. The third-order valence-corrected chi connectivity index (χ3v) is 4.59. The fraction of sp³-hybridized carbons (Fsp3) is 0.529. The first-order chi connectivity index (χ1) is 12.0. The Balaban J connectivity index is 1.69. The molecule has 1 aliphatic heterocycles. The number of anilines is 1. The molecular formula is C17H21N3O5. The number of nitro benzene ring substituents is 1. The molecule has 0 atom stereocenters. The minimum Gasteiger partial charge on any atom is -0.423 e. The largest absolute Gasteiger partial charge is 0.423 e. The summed E-state index contributed by atoms with van der Waals surface area (Å²) in [6, 6.07) is 4.25. The number of non-ortho nitro benzene ring substituents is 1. The van der Waals surface area contributed by atoms with Crippen LogP contribution in [0.2, 0.25) is 0 Å². The summed E-state index contributed by atoms with van der Waals surface area (Å²) in [6.45, 7) is -0.0285. The summed E-state index contributed by atoms with van der Waals surface area (Å²) in [5.74, 6) is -0.561. The molecule has 2 aliphatic rings. The van der Waals surface area contributed by atoms with Crippen LogP contribution in [0.25, 0.3) is 0 Å². The fourth-order valence-electron chi connectivity index (χ4n) is 3.37. The Labute approximate surface area is 145 Å². The molecule has 0 bridgehead atoms. The van der Waals surface area contributed by atoms with Gasteiger partial charge in [0.15, 0.2) is 5.75 Å². The monoisotopic (exact) mass is 347 g/mol. The molecule has 0 unspecified atom stereocenters. The molecule has 8 nitrogen and oxygen atoms in total. The van der Waals surface area contributed by atoms with E-state index < -0.39 is 10.9 Å². The SMILES string of the molecule is O=C(CN1CC(=O)Oc2cc([N+](=O)[O-])ccc21)NC1CCCCCC1. The highest BCUT2D eigenvalue weighted by atomic mass is 16.6. The smallest absolute Gasteiger partial charge is 0.331 e. The second kappa shape index (κ2) is 7.50. The number of nitrogens with one attached hydrogen (secondary N) is 1. The molecule has 25 heavy (non-hydrogen) atoms. The Morgan fingerprint density at radius 3 is 2.68 bits per heavy atom. The van der Waals surface area contributed by atoms with Crippen molar-refractivity contribution < 1.29 is 19.2 Å². The molecule has 1 saturated carbocycles.